The summed E-state index contributed by atoms with van der Waals surface area (Å²) < 4.78 is 5.62. The van der Waals surface area contributed by atoms with Crippen LogP contribution in [0.25, 0.3) is 0 Å². The van der Waals surface area contributed by atoms with Crippen molar-refractivity contribution in [2.75, 3.05) is 5.32 Å². The maximum atomic E-state index is 12.9. The summed E-state index contributed by atoms with van der Waals surface area (Å²) in [4.78, 5) is 26.8. The first-order valence-corrected chi connectivity index (χ1v) is 10.9. The number of hydrogen-bond donors (Lipinski definition) is 1. The molecule has 0 aromatic carbocycles. The Labute approximate surface area is 174 Å². The van der Waals surface area contributed by atoms with E-state index in [1.54, 1.807) is 6.08 Å². The second-order valence-corrected chi connectivity index (χ2v) is 10.3. The van der Waals surface area contributed by atoms with Crippen molar-refractivity contribution in [3.63, 3.8) is 0 Å². The molecule has 1 saturated carbocycles. The molecule has 3 rings (SSSR count). The highest BCUT2D eigenvalue weighted by Crippen LogP contribution is 2.60. The van der Waals surface area contributed by atoms with Crippen molar-refractivity contribution >= 4 is 51.4 Å². The molecule has 1 N–H and O–H groups in total. The predicted octanol–water partition coefficient (Wildman–Crippen LogP) is 5.72. The maximum Gasteiger partial charge on any atom is 0.341 e. The molecule has 0 saturated heterocycles. The van der Waals surface area contributed by atoms with Crippen LogP contribution in [0.3, 0.4) is 0 Å². The van der Waals surface area contributed by atoms with Gasteiger partial charge in [0.2, 0.25) is 5.91 Å². The minimum atomic E-state index is -0.352. The van der Waals surface area contributed by atoms with Gasteiger partial charge < -0.3 is 10.1 Å². The molecule has 148 valence electrons. The number of anilines is 1. The van der Waals surface area contributed by atoms with E-state index in [9.17, 15) is 9.59 Å². The number of hydrogen-bond acceptors (Lipinski definition) is 4. The number of esters is 1. The summed E-state index contributed by atoms with van der Waals surface area (Å²) in [7, 11) is 0. The van der Waals surface area contributed by atoms with E-state index in [1.165, 1.54) is 16.2 Å². The Morgan fingerprint density at radius 1 is 1.26 bits per heavy atom. The zero-order valence-electron chi connectivity index (χ0n) is 16.0. The van der Waals surface area contributed by atoms with Crippen LogP contribution in [-0.4, -0.2) is 18.0 Å². The van der Waals surface area contributed by atoms with Gasteiger partial charge in [0.25, 0.3) is 0 Å². The third kappa shape index (κ3) is 4.20. The van der Waals surface area contributed by atoms with Gasteiger partial charge in [-0.25, -0.2) is 4.79 Å². The average Bonchev–Trinajstić information content (AvgIpc) is 2.91. The number of ether oxygens (including phenoxy) is 1. The third-order valence-corrected chi connectivity index (χ3v) is 6.91. The minimum absolute atomic E-state index is 0.0110. The third-order valence-electron chi connectivity index (χ3n) is 5.45. The first-order chi connectivity index (χ1) is 12.6. The number of carbonyl (C=O) groups is 2. The van der Waals surface area contributed by atoms with Crippen LogP contribution >= 0.6 is 34.5 Å². The molecule has 1 aromatic heterocycles. The quantitative estimate of drug-likeness (QED) is 0.608. The predicted molar refractivity (Wildman–Crippen MR) is 111 cm³/mol. The second kappa shape index (κ2) is 7.76. The fraction of sp³-hybridized carbons (Fsp3) is 0.600. The molecule has 1 aromatic rings. The Hall–Kier alpha value is -1.04. The van der Waals surface area contributed by atoms with Crippen LogP contribution in [0.4, 0.5) is 5.00 Å². The number of allylic oxidation sites excluding steroid dienone is 1. The lowest BCUT2D eigenvalue weighted by atomic mass is 9.95. The highest BCUT2D eigenvalue weighted by atomic mass is 35.5. The van der Waals surface area contributed by atoms with Gasteiger partial charge in [-0.2, -0.15) is 0 Å². The first kappa shape index (κ1) is 20.7. The summed E-state index contributed by atoms with van der Waals surface area (Å²) in [6.45, 7) is 7.69. The van der Waals surface area contributed by atoms with Crippen molar-refractivity contribution in [1.29, 1.82) is 0 Å². The largest absolute Gasteiger partial charge is 0.459 e. The summed E-state index contributed by atoms with van der Waals surface area (Å²) in [5.74, 6) is -0.690. The minimum Gasteiger partial charge on any atom is -0.459 e. The number of amides is 1. The number of nitrogens with one attached hydrogen (secondary N) is 1. The Morgan fingerprint density at radius 2 is 1.93 bits per heavy atom. The fourth-order valence-corrected chi connectivity index (χ4v) is 5.51. The molecule has 2 aliphatic carbocycles. The summed E-state index contributed by atoms with van der Waals surface area (Å²) >= 11 is 13.1. The van der Waals surface area contributed by atoms with Gasteiger partial charge in [-0.05, 0) is 62.5 Å². The van der Waals surface area contributed by atoms with E-state index in [1.807, 2.05) is 27.7 Å². The Balaban J connectivity index is 1.86. The van der Waals surface area contributed by atoms with Gasteiger partial charge in [0.15, 0.2) is 0 Å². The number of aryl methyl sites for hydroxylation is 1. The molecule has 27 heavy (non-hydrogen) atoms. The monoisotopic (exact) mass is 429 g/mol. The molecular weight excluding hydrogens is 405 g/mol. The average molecular weight is 430 g/mol. The van der Waals surface area contributed by atoms with Crippen LogP contribution in [0.5, 0.6) is 0 Å². The van der Waals surface area contributed by atoms with Crippen molar-refractivity contribution in [3.05, 3.63) is 26.6 Å². The van der Waals surface area contributed by atoms with Crippen LogP contribution in [-0.2, 0) is 22.4 Å². The molecule has 0 bridgehead atoms. The first-order valence-electron chi connectivity index (χ1n) is 9.32. The molecule has 0 spiro atoms. The van der Waals surface area contributed by atoms with Gasteiger partial charge in [0.1, 0.15) is 9.49 Å². The van der Waals surface area contributed by atoms with Gasteiger partial charge in [0.05, 0.1) is 17.6 Å². The summed E-state index contributed by atoms with van der Waals surface area (Å²) in [6, 6.07) is 0. The second-order valence-electron chi connectivity index (χ2n) is 8.14. The number of carbonyl (C=O) groups excluding carboxylic acids is 2. The van der Waals surface area contributed by atoms with Crippen LogP contribution in [0.1, 0.15) is 61.3 Å². The molecule has 1 fully saturated rings. The molecular formula is C20H25Cl2NO3S. The summed E-state index contributed by atoms with van der Waals surface area (Å²) in [5, 5.41) is 3.62. The molecule has 2 aliphatic rings. The van der Waals surface area contributed by atoms with Gasteiger partial charge in [-0.1, -0.05) is 37.0 Å². The smallest absolute Gasteiger partial charge is 0.341 e. The van der Waals surface area contributed by atoms with E-state index >= 15 is 0 Å². The lowest BCUT2D eigenvalue weighted by Gasteiger charge is -2.14. The highest BCUT2D eigenvalue weighted by Gasteiger charge is 2.60. The van der Waals surface area contributed by atoms with Crippen molar-refractivity contribution in [3.8, 4) is 0 Å². The number of rotatable bonds is 5. The standard InChI is InChI=1S/C20H25Cl2NO3S/c1-10(2)26-19(25)15-11-7-5-6-8-13(11)27-18(15)23-17(24)16-12(9-14(21)22)20(16,3)4/h9-10,12,16H,5-8H2,1-4H3,(H,23,24)/t12-,16+/m0/s1. The van der Waals surface area contributed by atoms with Crippen molar-refractivity contribution in [1.82, 2.24) is 0 Å². The summed E-state index contributed by atoms with van der Waals surface area (Å²) in [6.07, 6.45) is 5.47. The number of halogens is 2. The van der Waals surface area contributed by atoms with Crippen LogP contribution in [0, 0.1) is 17.3 Å². The highest BCUT2D eigenvalue weighted by molar-refractivity contribution is 7.17. The number of thiophene rings is 1. The lowest BCUT2D eigenvalue weighted by Crippen LogP contribution is -2.20. The van der Waals surface area contributed by atoms with E-state index in [-0.39, 0.29) is 39.7 Å². The SMILES string of the molecule is CC(C)OC(=O)c1c(NC(=O)[C@H]2[C@H](C=C(Cl)Cl)C2(C)C)sc2c1CCCC2. The van der Waals surface area contributed by atoms with E-state index in [4.69, 9.17) is 27.9 Å². The molecule has 1 heterocycles. The van der Waals surface area contributed by atoms with E-state index < -0.39 is 0 Å². The molecule has 1 amide bonds. The van der Waals surface area contributed by atoms with Crippen LogP contribution in [0.2, 0.25) is 0 Å². The zero-order valence-corrected chi connectivity index (χ0v) is 18.4. The van der Waals surface area contributed by atoms with Gasteiger partial charge in [0, 0.05) is 4.88 Å². The van der Waals surface area contributed by atoms with Gasteiger partial charge in [-0.15, -0.1) is 11.3 Å². The summed E-state index contributed by atoms with van der Waals surface area (Å²) in [5.41, 5.74) is 1.37. The fourth-order valence-electron chi connectivity index (χ4n) is 3.96. The molecule has 7 heteroatoms. The topological polar surface area (TPSA) is 55.4 Å². The van der Waals surface area contributed by atoms with Gasteiger partial charge in [-0.3, -0.25) is 4.79 Å². The Kier molecular flexibility index (Phi) is 5.95. The van der Waals surface area contributed by atoms with Crippen molar-refractivity contribution in [2.24, 2.45) is 17.3 Å². The zero-order chi connectivity index (χ0) is 19.9. The molecule has 2 atom stereocenters. The Morgan fingerprint density at radius 3 is 2.56 bits per heavy atom. The van der Waals surface area contributed by atoms with E-state index in [0.717, 1.165) is 31.2 Å². The van der Waals surface area contributed by atoms with Gasteiger partial charge >= 0.3 is 5.97 Å². The molecule has 0 radical (unpaired) electrons. The van der Waals surface area contributed by atoms with E-state index in [2.05, 4.69) is 5.32 Å². The lowest BCUT2D eigenvalue weighted by molar-refractivity contribution is -0.118. The van der Waals surface area contributed by atoms with E-state index in [0.29, 0.717) is 10.6 Å². The molecule has 0 unspecified atom stereocenters. The van der Waals surface area contributed by atoms with Crippen molar-refractivity contribution in [2.45, 2.75) is 59.5 Å². The maximum absolute atomic E-state index is 12.9. The normalized spacial score (nSPS) is 22.8. The van der Waals surface area contributed by atoms with Crippen molar-refractivity contribution < 1.29 is 14.3 Å². The van der Waals surface area contributed by atoms with Crippen LogP contribution in [0.15, 0.2) is 10.6 Å². The Bertz CT molecular complexity index is 793. The number of fused-ring (bicyclic) bond motifs is 1. The van der Waals surface area contributed by atoms with Crippen LogP contribution < -0.4 is 5.32 Å². The molecule has 4 nitrogen and oxygen atoms in total. The molecule has 0 aliphatic heterocycles.